The smallest absolute Gasteiger partial charge is 0.263 e. The third-order valence-electron chi connectivity index (χ3n) is 4.13. The van der Waals surface area contributed by atoms with Crippen molar-refractivity contribution >= 4 is 17.2 Å². The van der Waals surface area contributed by atoms with Gasteiger partial charge in [-0.15, -0.1) is 11.3 Å². The molecule has 3 nitrogen and oxygen atoms in total. The molecule has 1 fully saturated rings. The first-order chi connectivity index (χ1) is 10.1. The van der Waals surface area contributed by atoms with Gasteiger partial charge in [-0.3, -0.25) is 4.79 Å². The van der Waals surface area contributed by atoms with Crippen molar-refractivity contribution in [2.24, 2.45) is 5.73 Å². The van der Waals surface area contributed by atoms with Crippen LogP contribution in [0.1, 0.15) is 58.6 Å². The highest BCUT2D eigenvalue weighted by Crippen LogP contribution is 2.26. The van der Waals surface area contributed by atoms with E-state index in [9.17, 15) is 4.79 Å². The molecule has 1 aromatic rings. The van der Waals surface area contributed by atoms with E-state index in [1.165, 1.54) is 37.0 Å². The summed E-state index contributed by atoms with van der Waals surface area (Å²) in [6.07, 6.45) is 7.34. The minimum atomic E-state index is 0.135. The summed E-state index contributed by atoms with van der Waals surface area (Å²) in [6, 6.07) is 2.35. The molecule has 1 aromatic heterocycles. The second-order valence-corrected chi connectivity index (χ2v) is 6.74. The van der Waals surface area contributed by atoms with Crippen LogP contribution >= 0.6 is 11.3 Å². The van der Waals surface area contributed by atoms with Crippen LogP contribution in [-0.2, 0) is 0 Å². The van der Waals surface area contributed by atoms with Gasteiger partial charge in [-0.05, 0) is 31.4 Å². The lowest BCUT2D eigenvalue weighted by Crippen LogP contribution is -2.36. The Hall–Kier alpha value is -1.31. The zero-order chi connectivity index (χ0) is 15.2. The van der Waals surface area contributed by atoms with Crippen LogP contribution < -0.4 is 5.73 Å². The number of amides is 1. The van der Waals surface area contributed by atoms with E-state index < -0.39 is 0 Å². The number of rotatable bonds is 2. The van der Waals surface area contributed by atoms with Crippen LogP contribution in [0.5, 0.6) is 0 Å². The molecule has 0 radical (unpaired) electrons. The summed E-state index contributed by atoms with van der Waals surface area (Å²) in [4.78, 5) is 16.3. The Bertz CT molecular complexity index is 545. The highest BCUT2D eigenvalue weighted by molar-refractivity contribution is 7.14. The molecule has 1 aliphatic rings. The van der Waals surface area contributed by atoms with Crippen LogP contribution in [0.4, 0.5) is 0 Å². The number of nitrogens with zero attached hydrogens (tertiary/aromatic N) is 1. The number of carbonyl (C=O) groups excluding carboxylic acids is 1. The van der Waals surface area contributed by atoms with Gasteiger partial charge in [0.05, 0.1) is 16.3 Å². The molecule has 0 spiro atoms. The standard InChI is InChI=1S/C17H24N2OS/c1-13-12-16(21-15(13)10-7-11-18)17(20)19(2)14-8-5-3-4-6-9-14/h12,14H,3-6,8-9,11,18H2,1-2H3. The molecule has 2 N–H and O–H groups in total. The van der Waals surface area contributed by atoms with E-state index in [-0.39, 0.29) is 5.91 Å². The Morgan fingerprint density at radius 3 is 2.67 bits per heavy atom. The first-order valence-corrected chi connectivity index (χ1v) is 8.51. The predicted molar refractivity (Wildman–Crippen MR) is 88.6 cm³/mol. The van der Waals surface area contributed by atoms with E-state index in [1.807, 2.05) is 24.9 Å². The van der Waals surface area contributed by atoms with Gasteiger partial charge in [-0.1, -0.05) is 37.5 Å². The maximum atomic E-state index is 12.7. The van der Waals surface area contributed by atoms with Crippen molar-refractivity contribution in [3.63, 3.8) is 0 Å². The summed E-state index contributed by atoms with van der Waals surface area (Å²) in [5, 5.41) is 0. The molecule has 4 heteroatoms. The summed E-state index contributed by atoms with van der Waals surface area (Å²) in [5.41, 5.74) is 6.48. The first kappa shape index (κ1) is 16.1. The van der Waals surface area contributed by atoms with Crippen molar-refractivity contribution < 1.29 is 4.79 Å². The molecule has 0 saturated heterocycles. The summed E-state index contributed by atoms with van der Waals surface area (Å²) >= 11 is 1.48. The zero-order valence-corrected chi connectivity index (χ0v) is 13.8. The first-order valence-electron chi connectivity index (χ1n) is 7.70. The number of nitrogens with two attached hydrogens (primary N) is 1. The quantitative estimate of drug-likeness (QED) is 0.674. The molecular formula is C17H24N2OS. The average Bonchev–Trinajstić information content (AvgIpc) is 2.69. The van der Waals surface area contributed by atoms with Crippen molar-refractivity contribution in [2.45, 2.75) is 51.5 Å². The largest absolute Gasteiger partial charge is 0.338 e. The van der Waals surface area contributed by atoms with Crippen LogP contribution in [-0.4, -0.2) is 30.4 Å². The second-order valence-electron chi connectivity index (χ2n) is 5.69. The topological polar surface area (TPSA) is 46.3 Å². The Morgan fingerprint density at radius 1 is 1.38 bits per heavy atom. The number of hydrogen-bond donors (Lipinski definition) is 1. The van der Waals surface area contributed by atoms with E-state index in [0.29, 0.717) is 12.6 Å². The van der Waals surface area contributed by atoms with Crippen LogP contribution in [0, 0.1) is 18.8 Å². The second kappa shape index (κ2) is 7.63. The maximum absolute atomic E-state index is 12.7. The molecule has 21 heavy (non-hydrogen) atoms. The molecule has 0 aliphatic heterocycles. The van der Waals surface area contributed by atoms with Gasteiger partial charge >= 0.3 is 0 Å². The van der Waals surface area contributed by atoms with Crippen molar-refractivity contribution in [3.8, 4) is 11.8 Å². The molecule has 0 unspecified atom stereocenters. The SMILES string of the molecule is Cc1cc(C(=O)N(C)C2CCCCCC2)sc1C#CCN. The van der Waals surface area contributed by atoms with Gasteiger partial charge in [-0.2, -0.15) is 0 Å². The van der Waals surface area contributed by atoms with Crippen LogP contribution in [0.15, 0.2) is 6.07 Å². The van der Waals surface area contributed by atoms with Crippen molar-refractivity contribution in [2.75, 3.05) is 13.6 Å². The highest BCUT2D eigenvalue weighted by Gasteiger charge is 2.23. The molecule has 0 bridgehead atoms. The van der Waals surface area contributed by atoms with Crippen molar-refractivity contribution in [3.05, 3.63) is 21.4 Å². The number of carbonyl (C=O) groups is 1. The van der Waals surface area contributed by atoms with E-state index in [2.05, 4.69) is 11.8 Å². The van der Waals surface area contributed by atoms with Gasteiger partial charge in [0, 0.05) is 13.1 Å². The van der Waals surface area contributed by atoms with E-state index >= 15 is 0 Å². The van der Waals surface area contributed by atoms with Gasteiger partial charge in [-0.25, -0.2) is 0 Å². The highest BCUT2D eigenvalue weighted by atomic mass is 32.1. The molecule has 1 amide bonds. The van der Waals surface area contributed by atoms with Crippen LogP contribution in [0.3, 0.4) is 0 Å². The average molecular weight is 304 g/mol. The fraction of sp³-hybridized carbons (Fsp3) is 0.588. The molecule has 0 atom stereocenters. The lowest BCUT2D eigenvalue weighted by molar-refractivity contribution is 0.0722. The monoisotopic (exact) mass is 304 g/mol. The third-order valence-corrected chi connectivity index (χ3v) is 5.27. The van der Waals surface area contributed by atoms with Gasteiger partial charge in [0.25, 0.3) is 5.91 Å². The molecule has 0 aromatic carbocycles. The maximum Gasteiger partial charge on any atom is 0.263 e. The van der Waals surface area contributed by atoms with Crippen LogP contribution in [0.2, 0.25) is 0 Å². The van der Waals surface area contributed by atoms with Crippen molar-refractivity contribution in [1.82, 2.24) is 4.90 Å². The Kier molecular flexibility index (Phi) is 5.84. The molecule has 1 aliphatic carbocycles. The van der Waals surface area contributed by atoms with Crippen LogP contribution in [0.25, 0.3) is 0 Å². The van der Waals surface area contributed by atoms with E-state index in [4.69, 9.17) is 5.73 Å². The van der Waals surface area contributed by atoms with Gasteiger partial charge < -0.3 is 10.6 Å². The fourth-order valence-corrected chi connectivity index (χ4v) is 3.86. The summed E-state index contributed by atoms with van der Waals surface area (Å²) in [5.74, 6) is 6.05. The number of aryl methyl sites for hydroxylation is 1. The Labute approximate surface area is 131 Å². The number of thiophene rings is 1. The van der Waals surface area contributed by atoms with Gasteiger partial charge in [0.2, 0.25) is 0 Å². The third kappa shape index (κ3) is 4.09. The summed E-state index contributed by atoms with van der Waals surface area (Å²) in [7, 11) is 1.94. The Morgan fingerprint density at radius 2 is 2.05 bits per heavy atom. The minimum absolute atomic E-state index is 0.135. The van der Waals surface area contributed by atoms with Gasteiger partial charge in [0.15, 0.2) is 0 Å². The molecule has 114 valence electrons. The van der Waals surface area contributed by atoms with Gasteiger partial charge in [0.1, 0.15) is 0 Å². The lowest BCUT2D eigenvalue weighted by Gasteiger charge is -2.26. The molecular weight excluding hydrogens is 280 g/mol. The molecule has 1 heterocycles. The fourth-order valence-electron chi connectivity index (χ4n) is 2.83. The normalized spacial score (nSPS) is 16.0. The molecule has 1 saturated carbocycles. The molecule has 2 rings (SSSR count). The lowest BCUT2D eigenvalue weighted by atomic mass is 10.1. The van der Waals surface area contributed by atoms with Crippen molar-refractivity contribution in [1.29, 1.82) is 0 Å². The zero-order valence-electron chi connectivity index (χ0n) is 12.9. The van der Waals surface area contributed by atoms with E-state index in [0.717, 1.165) is 28.2 Å². The Balaban J connectivity index is 2.11. The summed E-state index contributed by atoms with van der Waals surface area (Å²) in [6.45, 7) is 2.35. The number of hydrogen-bond acceptors (Lipinski definition) is 3. The van der Waals surface area contributed by atoms with E-state index in [1.54, 1.807) is 0 Å². The minimum Gasteiger partial charge on any atom is -0.338 e. The predicted octanol–water partition coefficient (Wildman–Crippen LogP) is 3.16. The summed E-state index contributed by atoms with van der Waals surface area (Å²) < 4.78 is 0.